The average molecular weight is 220 g/mol. The van der Waals surface area contributed by atoms with E-state index in [1.807, 2.05) is 6.08 Å². The topological polar surface area (TPSA) is 37.3 Å². The van der Waals surface area contributed by atoms with E-state index >= 15 is 0 Å². The molecule has 3 aliphatic carbocycles. The summed E-state index contributed by atoms with van der Waals surface area (Å²) in [4.78, 5) is 11.4. The highest BCUT2D eigenvalue weighted by Crippen LogP contribution is 2.56. The number of hydrogen-bond acceptors (Lipinski definition) is 2. The van der Waals surface area contributed by atoms with Gasteiger partial charge in [-0.1, -0.05) is 12.5 Å². The van der Waals surface area contributed by atoms with Gasteiger partial charge in [-0.25, -0.2) is 0 Å². The van der Waals surface area contributed by atoms with Crippen molar-refractivity contribution < 1.29 is 9.90 Å². The second kappa shape index (κ2) is 3.43. The van der Waals surface area contributed by atoms with Gasteiger partial charge < -0.3 is 5.11 Å². The first kappa shape index (κ1) is 10.5. The summed E-state index contributed by atoms with van der Waals surface area (Å²) in [6.45, 7) is 2.25. The molecule has 0 aromatic carbocycles. The van der Waals surface area contributed by atoms with Gasteiger partial charge in [0, 0.05) is 6.42 Å². The molecule has 0 aromatic heterocycles. The van der Waals surface area contributed by atoms with Crippen LogP contribution in [0.3, 0.4) is 0 Å². The summed E-state index contributed by atoms with van der Waals surface area (Å²) in [5.74, 6) is 1.50. The van der Waals surface area contributed by atoms with E-state index in [0.29, 0.717) is 24.0 Å². The highest BCUT2D eigenvalue weighted by molar-refractivity contribution is 5.91. The lowest BCUT2D eigenvalue weighted by Crippen LogP contribution is -2.40. The van der Waals surface area contributed by atoms with E-state index in [1.54, 1.807) is 0 Å². The fraction of sp³-hybridized carbons (Fsp3) is 0.786. The van der Waals surface area contributed by atoms with Crippen molar-refractivity contribution in [2.45, 2.75) is 51.6 Å². The predicted octanol–water partition coefficient (Wildman–Crippen LogP) is 2.46. The molecule has 3 rings (SSSR count). The number of ketones is 1. The molecule has 2 heteroatoms. The average Bonchev–Trinajstić information content (AvgIpc) is 2.53. The summed E-state index contributed by atoms with van der Waals surface area (Å²) < 4.78 is 0. The second-order valence-corrected chi connectivity index (χ2v) is 6.13. The van der Waals surface area contributed by atoms with Crippen LogP contribution < -0.4 is 0 Å². The number of aliphatic hydroxyl groups is 1. The maximum absolute atomic E-state index is 11.4. The van der Waals surface area contributed by atoms with Gasteiger partial charge in [0.1, 0.15) is 0 Å². The fourth-order valence-electron chi connectivity index (χ4n) is 4.10. The van der Waals surface area contributed by atoms with Crippen molar-refractivity contribution in [1.29, 1.82) is 0 Å². The van der Waals surface area contributed by atoms with Crippen LogP contribution in [-0.4, -0.2) is 17.0 Å². The highest BCUT2D eigenvalue weighted by Gasteiger charge is 2.50. The monoisotopic (exact) mass is 220 g/mol. The Labute approximate surface area is 96.7 Å². The molecule has 0 unspecified atom stereocenters. The minimum Gasteiger partial charge on any atom is -0.393 e. The van der Waals surface area contributed by atoms with E-state index < -0.39 is 0 Å². The molecule has 2 saturated carbocycles. The van der Waals surface area contributed by atoms with Crippen molar-refractivity contribution in [2.75, 3.05) is 0 Å². The quantitative estimate of drug-likeness (QED) is 0.681. The van der Waals surface area contributed by atoms with Crippen LogP contribution in [0.25, 0.3) is 0 Å². The molecule has 0 spiro atoms. The predicted molar refractivity (Wildman–Crippen MR) is 61.9 cm³/mol. The second-order valence-electron chi connectivity index (χ2n) is 6.13. The molecule has 1 N–H and O–H groups in total. The number of allylic oxidation sites excluding steroid dienone is 2. The third-order valence-electron chi connectivity index (χ3n) is 5.26. The molecular weight excluding hydrogens is 200 g/mol. The van der Waals surface area contributed by atoms with Gasteiger partial charge in [-0.2, -0.15) is 0 Å². The van der Waals surface area contributed by atoms with Gasteiger partial charge in [-0.05, 0) is 55.4 Å². The van der Waals surface area contributed by atoms with Crippen LogP contribution in [-0.2, 0) is 4.79 Å². The van der Waals surface area contributed by atoms with Gasteiger partial charge in [0.2, 0.25) is 0 Å². The third-order valence-corrected chi connectivity index (χ3v) is 5.26. The van der Waals surface area contributed by atoms with Gasteiger partial charge in [-0.3, -0.25) is 4.79 Å². The van der Waals surface area contributed by atoms with Crippen molar-refractivity contribution in [2.24, 2.45) is 17.3 Å². The number of carbonyl (C=O) groups excluding carboxylic acids is 1. The van der Waals surface area contributed by atoms with Crippen LogP contribution in [0, 0.1) is 17.3 Å². The molecule has 0 radical (unpaired) electrons. The normalized spacial score (nSPS) is 47.2. The van der Waals surface area contributed by atoms with E-state index in [-0.39, 0.29) is 11.5 Å². The van der Waals surface area contributed by atoms with Crippen LogP contribution in [0.15, 0.2) is 11.6 Å². The molecule has 0 heterocycles. The lowest BCUT2D eigenvalue weighted by Gasteiger charge is -2.45. The maximum Gasteiger partial charge on any atom is 0.155 e. The molecule has 0 saturated heterocycles. The van der Waals surface area contributed by atoms with Crippen molar-refractivity contribution in [3.63, 3.8) is 0 Å². The van der Waals surface area contributed by atoms with Crippen molar-refractivity contribution in [3.8, 4) is 0 Å². The standard InChI is InChI=1S/C14H20O2/c1-14-8-9-2-4-12(15)7-10(9)6-11(14)3-5-13(14)16/h7,9,11,13,16H,2-6,8H2,1H3/t9-,11+,13+,14+/m1/s1. The van der Waals surface area contributed by atoms with E-state index in [0.717, 1.165) is 32.1 Å². The van der Waals surface area contributed by atoms with Crippen molar-refractivity contribution in [1.82, 2.24) is 0 Å². The molecule has 3 aliphatic rings. The first-order chi connectivity index (χ1) is 7.59. The van der Waals surface area contributed by atoms with E-state index in [2.05, 4.69) is 6.92 Å². The third kappa shape index (κ3) is 1.39. The largest absolute Gasteiger partial charge is 0.393 e. The zero-order valence-electron chi connectivity index (χ0n) is 9.91. The Morgan fingerprint density at radius 1 is 1.38 bits per heavy atom. The molecule has 2 fully saturated rings. The van der Waals surface area contributed by atoms with Gasteiger partial charge in [-0.15, -0.1) is 0 Å². The highest BCUT2D eigenvalue weighted by atomic mass is 16.3. The van der Waals surface area contributed by atoms with E-state index in [9.17, 15) is 9.90 Å². The van der Waals surface area contributed by atoms with Crippen molar-refractivity contribution >= 4 is 5.78 Å². The first-order valence-corrected chi connectivity index (χ1v) is 6.51. The summed E-state index contributed by atoms with van der Waals surface area (Å²) in [7, 11) is 0. The smallest absolute Gasteiger partial charge is 0.155 e. The zero-order valence-corrected chi connectivity index (χ0v) is 9.91. The number of hydrogen-bond donors (Lipinski definition) is 1. The Hall–Kier alpha value is -0.630. The Bertz CT molecular complexity index is 358. The van der Waals surface area contributed by atoms with Gasteiger partial charge in [0.05, 0.1) is 6.10 Å². The molecule has 0 bridgehead atoms. The molecule has 88 valence electrons. The molecule has 0 aromatic rings. The van der Waals surface area contributed by atoms with Crippen LogP contribution in [0.1, 0.15) is 45.4 Å². The Morgan fingerprint density at radius 2 is 2.19 bits per heavy atom. The van der Waals surface area contributed by atoms with Gasteiger partial charge >= 0.3 is 0 Å². The molecule has 0 amide bonds. The Kier molecular flexibility index (Phi) is 2.25. The van der Waals surface area contributed by atoms with Crippen LogP contribution in [0.5, 0.6) is 0 Å². The number of aliphatic hydroxyl groups excluding tert-OH is 1. The fourth-order valence-corrected chi connectivity index (χ4v) is 4.10. The first-order valence-electron chi connectivity index (χ1n) is 6.51. The number of carbonyl (C=O) groups is 1. The Morgan fingerprint density at radius 3 is 3.00 bits per heavy atom. The summed E-state index contributed by atoms with van der Waals surface area (Å²) in [5, 5.41) is 10.1. The van der Waals surface area contributed by atoms with Crippen molar-refractivity contribution in [3.05, 3.63) is 11.6 Å². The van der Waals surface area contributed by atoms with E-state index in [1.165, 1.54) is 5.57 Å². The lowest BCUT2D eigenvalue weighted by atomic mass is 9.61. The lowest BCUT2D eigenvalue weighted by molar-refractivity contribution is -0.115. The number of rotatable bonds is 0. The van der Waals surface area contributed by atoms with Gasteiger partial charge in [0.15, 0.2) is 5.78 Å². The molecular formula is C14H20O2. The van der Waals surface area contributed by atoms with E-state index in [4.69, 9.17) is 0 Å². The summed E-state index contributed by atoms with van der Waals surface area (Å²) in [5.41, 5.74) is 1.51. The number of fused-ring (bicyclic) bond motifs is 2. The maximum atomic E-state index is 11.4. The summed E-state index contributed by atoms with van der Waals surface area (Å²) >= 11 is 0. The van der Waals surface area contributed by atoms with Crippen LogP contribution >= 0.6 is 0 Å². The molecule has 4 atom stereocenters. The summed E-state index contributed by atoms with van der Waals surface area (Å²) in [6, 6.07) is 0. The van der Waals surface area contributed by atoms with Crippen LogP contribution in [0.2, 0.25) is 0 Å². The van der Waals surface area contributed by atoms with Gasteiger partial charge in [0.25, 0.3) is 0 Å². The molecule has 16 heavy (non-hydrogen) atoms. The minimum atomic E-state index is -0.114. The SMILES string of the molecule is C[C@]12C[C@H]3CCC(=O)C=C3C[C@@H]1CC[C@@H]2O. The molecule has 0 aliphatic heterocycles. The minimum absolute atomic E-state index is 0.114. The van der Waals surface area contributed by atoms with Crippen LogP contribution in [0.4, 0.5) is 0 Å². The summed E-state index contributed by atoms with van der Waals surface area (Å²) in [6.07, 6.45) is 7.76. The zero-order chi connectivity index (χ0) is 11.3. The molecule has 2 nitrogen and oxygen atoms in total. The Balaban J connectivity index is 1.90.